The molecule has 1 heterocycles. The molecule has 1 aliphatic heterocycles. The van der Waals surface area contributed by atoms with Crippen LogP contribution in [0.1, 0.15) is 23.2 Å². The molecule has 0 bridgehead atoms. The van der Waals surface area contributed by atoms with Crippen LogP contribution in [-0.4, -0.2) is 32.3 Å². The van der Waals surface area contributed by atoms with E-state index in [2.05, 4.69) is 5.32 Å². The molecule has 5 nitrogen and oxygen atoms in total. The molecular formula is C19H21NO4. The molecule has 1 saturated heterocycles. The molecule has 1 unspecified atom stereocenters. The number of rotatable bonds is 6. The SMILES string of the molecule is COc1ccccc1C(=O)Nc1ccccc1OCC1CCCO1. The van der Waals surface area contributed by atoms with Crippen molar-refractivity contribution >= 4 is 11.6 Å². The zero-order valence-corrected chi connectivity index (χ0v) is 13.7. The van der Waals surface area contributed by atoms with Gasteiger partial charge in [0.1, 0.15) is 18.1 Å². The first-order valence-corrected chi connectivity index (χ1v) is 8.05. The minimum atomic E-state index is -0.236. The molecule has 1 amide bonds. The lowest BCUT2D eigenvalue weighted by atomic mass is 10.2. The van der Waals surface area contributed by atoms with Gasteiger partial charge in [0.15, 0.2) is 0 Å². The van der Waals surface area contributed by atoms with Crippen LogP contribution in [0.2, 0.25) is 0 Å². The number of hydrogen-bond acceptors (Lipinski definition) is 4. The average Bonchev–Trinajstić information content (AvgIpc) is 3.14. The minimum Gasteiger partial charge on any atom is -0.496 e. The van der Waals surface area contributed by atoms with Crippen LogP contribution in [0.5, 0.6) is 11.5 Å². The Morgan fingerprint density at radius 3 is 2.67 bits per heavy atom. The number of carbonyl (C=O) groups is 1. The fraction of sp³-hybridized carbons (Fsp3) is 0.316. The largest absolute Gasteiger partial charge is 0.496 e. The summed E-state index contributed by atoms with van der Waals surface area (Å²) in [6, 6.07) is 14.5. The molecule has 1 fully saturated rings. The van der Waals surface area contributed by atoms with Crippen LogP contribution in [-0.2, 0) is 4.74 Å². The van der Waals surface area contributed by atoms with E-state index >= 15 is 0 Å². The maximum absolute atomic E-state index is 12.5. The van der Waals surface area contributed by atoms with E-state index in [9.17, 15) is 4.79 Å². The number of para-hydroxylation sites is 3. The molecule has 2 aromatic carbocycles. The van der Waals surface area contributed by atoms with Crippen molar-refractivity contribution in [2.45, 2.75) is 18.9 Å². The maximum Gasteiger partial charge on any atom is 0.259 e. The Morgan fingerprint density at radius 1 is 1.17 bits per heavy atom. The molecule has 0 aromatic heterocycles. The van der Waals surface area contributed by atoms with Crippen molar-refractivity contribution in [1.29, 1.82) is 0 Å². The predicted molar refractivity (Wildman–Crippen MR) is 91.9 cm³/mol. The highest BCUT2D eigenvalue weighted by Gasteiger charge is 2.18. The van der Waals surface area contributed by atoms with Crippen molar-refractivity contribution in [1.82, 2.24) is 0 Å². The molecule has 126 valence electrons. The minimum absolute atomic E-state index is 0.128. The number of hydrogen-bond donors (Lipinski definition) is 1. The summed E-state index contributed by atoms with van der Waals surface area (Å²) >= 11 is 0. The number of anilines is 1. The van der Waals surface area contributed by atoms with Crippen molar-refractivity contribution in [3.63, 3.8) is 0 Å². The van der Waals surface area contributed by atoms with E-state index in [0.29, 0.717) is 29.4 Å². The van der Waals surface area contributed by atoms with Gasteiger partial charge in [0.05, 0.1) is 24.5 Å². The van der Waals surface area contributed by atoms with Crippen molar-refractivity contribution in [3.05, 3.63) is 54.1 Å². The number of ether oxygens (including phenoxy) is 3. The maximum atomic E-state index is 12.5. The average molecular weight is 327 g/mol. The van der Waals surface area contributed by atoms with Gasteiger partial charge in [0, 0.05) is 6.61 Å². The standard InChI is InChI=1S/C19H21NO4/c1-22-17-10-4-2-8-15(17)19(21)20-16-9-3-5-11-18(16)24-13-14-7-6-12-23-14/h2-5,8-11,14H,6-7,12-13H2,1H3,(H,20,21). The second-order valence-corrected chi connectivity index (χ2v) is 5.60. The van der Waals surface area contributed by atoms with Gasteiger partial charge in [0.2, 0.25) is 0 Å². The Kier molecular flexibility index (Phi) is 5.33. The molecule has 2 aromatic rings. The Morgan fingerprint density at radius 2 is 1.92 bits per heavy atom. The van der Waals surface area contributed by atoms with Gasteiger partial charge in [-0.3, -0.25) is 4.79 Å². The molecule has 1 aliphatic rings. The van der Waals surface area contributed by atoms with E-state index in [4.69, 9.17) is 14.2 Å². The lowest BCUT2D eigenvalue weighted by Crippen LogP contribution is -2.18. The second kappa shape index (κ2) is 7.84. The van der Waals surface area contributed by atoms with Gasteiger partial charge in [0.25, 0.3) is 5.91 Å². The first-order valence-electron chi connectivity index (χ1n) is 8.05. The molecule has 1 N–H and O–H groups in total. The van der Waals surface area contributed by atoms with Gasteiger partial charge in [-0.1, -0.05) is 24.3 Å². The van der Waals surface area contributed by atoms with E-state index in [1.54, 1.807) is 25.3 Å². The van der Waals surface area contributed by atoms with Crippen molar-refractivity contribution < 1.29 is 19.0 Å². The smallest absolute Gasteiger partial charge is 0.259 e. The Labute approximate surface area is 141 Å². The summed E-state index contributed by atoms with van der Waals surface area (Å²) in [6.07, 6.45) is 2.21. The highest BCUT2D eigenvalue weighted by atomic mass is 16.5. The first kappa shape index (κ1) is 16.3. The van der Waals surface area contributed by atoms with Crippen LogP contribution < -0.4 is 14.8 Å². The monoisotopic (exact) mass is 327 g/mol. The molecular weight excluding hydrogens is 306 g/mol. The Balaban J connectivity index is 1.71. The third-order valence-corrected chi connectivity index (χ3v) is 3.94. The van der Waals surface area contributed by atoms with Crippen LogP contribution in [0.25, 0.3) is 0 Å². The van der Waals surface area contributed by atoms with Gasteiger partial charge in [-0.15, -0.1) is 0 Å². The van der Waals surface area contributed by atoms with E-state index in [0.717, 1.165) is 19.4 Å². The van der Waals surface area contributed by atoms with Gasteiger partial charge in [-0.2, -0.15) is 0 Å². The number of nitrogens with one attached hydrogen (secondary N) is 1. The van der Waals surface area contributed by atoms with Crippen LogP contribution in [0.3, 0.4) is 0 Å². The van der Waals surface area contributed by atoms with E-state index in [1.807, 2.05) is 30.3 Å². The quantitative estimate of drug-likeness (QED) is 0.882. The molecule has 5 heteroatoms. The third-order valence-electron chi connectivity index (χ3n) is 3.94. The zero-order chi connectivity index (χ0) is 16.8. The van der Waals surface area contributed by atoms with Gasteiger partial charge in [-0.05, 0) is 37.1 Å². The summed E-state index contributed by atoms with van der Waals surface area (Å²) in [4.78, 5) is 12.5. The van der Waals surface area contributed by atoms with Crippen LogP contribution in [0, 0.1) is 0 Å². The van der Waals surface area contributed by atoms with E-state index in [1.165, 1.54) is 0 Å². The summed E-state index contributed by atoms with van der Waals surface area (Å²) in [5.41, 5.74) is 1.11. The molecule has 1 atom stereocenters. The van der Waals surface area contributed by atoms with Crippen molar-refractivity contribution in [3.8, 4) is 11.5 Å². The fourth-order valence-corrected chi connectivity index (χ4v) is 2.68. The second-order valence-electron chi connectivity index (χ2n) is 5.60. The Hall–Kier alpha value is -2.53. The van der Waals surface area contributed by atoms with Gasteiger partial charge in [-0.25, -0.2) is 0 Å². The van der Waals surface area contributed by atoms with Crippen LogP contribution in [0.4, 0.5) is 5.69 Å². The van der Waals surface area contributed by atoms with E-state index in [-0.39, 0.29) is 12.0 Å². The number of benzene rings is 2. The van der Waals surface area contributed by atoms with Gasteiger partial charge >= 0.3 is 0 Å². The summed E-state index contributed by atoms with van der Waals surface area (Å²) in [7, 11) is 1.55. The summed E-state index contributed by atoms with van der Waals surface area (Å²) in [5, 5.41) is 2.89. The molecule has 0 saturated carbocycles. The van der Waals surface area contributed by atoms with Gasteiger partial charge < -0.3 is 19.5 Å². The lowest BCUT2D eigenvalue weighted by Gasteiger charge is -2.15. The normalized spacial score (nSPS) is 16.6. The number of carbonyl (C=O) groups excluding carboxylic acids is 1. The van der Waals surface area contributed by atoms with Crippen LogP contribution >= 0.6 is 0 Å². The van der Waals surface area contributed by atoms with Crippen LogP contribution in [0.15, 0.2) is 48.5 Å². The first-order chi connectivity index (χ1) is 11.8. The topological polar surface area (TPSA) is 56.8 Å². The predicted octanol–water partition coefficient (Wildman–Crippen LogP) is 3.51. The molecule has 24 heavy (non-hydrogen) atoms. The third kappa shape index (κ3) is 3.86. The highest BCUT2D eigenvalue weighted by molar-refractivity contribution is 6.06. The van der Waals surface area contributed by atoms with Crippen molar-refractivity contribution in [2.75, 3.05) is 25.6 Å². The zero-order valence-electron chi connectivity index (χ0n) is 13.7. The van der Waals surface area contributed by atoms with E-state index < -0.39 is 0 Å². The van der Waals surface area contributed by atoms with Crippen molar-refractivity contribution in [2.24, 2.45) is 0 Å². The molecule has 0 radical (unpaired) electrons. The highest BCUT2D eigenvalue weighted by Crippen LogP contribution is 2.27. The summed E-state index contributed by atoms with van der Waals surface area (Å²) in [5.74, 6) is 0.935. The summed E-state index contributed by atoms with van der Waals surface area (Å²) in [6.45, 7) is 1.28. The number of amides is 1. The summed E-state index contributed by atoms with van der Waals surface area (Å²) < 4.78 is 16.7. The number of methoxy groups -OCH3 is 1. The lowest BCUT2D eigenvalue weighted by molar-refractivity contribution is 0.0682. The molecule has 0 spiro atoms. The Bertz CT molecular complexity index is 695. The fourth-order valence-electron chi connectivity index (χ4n) is 2.68. The molecule has 3 rings (SSSR count). The molecule has 0 aliphatic carbocycles.